The van der Waals surface area contributed by atoms with Gasteiger partial charge in [0.2, 0.25) is 5.91 Å². The number of hydrogen-bond donors (Lipinski definition) is 2. The molecule has 0 radical (unpaired) electrons. The second-order valence-electron chi connectivity index (χ2n) is 7.87. The van der Waals surface area contributed by atoms with Crippen LogP contribution in [0.1, 0.15) is 37.7 Å². The van der Waals surface area contributed by atoms with Crippen LogP contribution in [0, 0.1) is 12.8 Å². The van der Waals surface area contributed by atoms with E-state index in [9.17, 15) is 4.79 Å². The summed E-state index contributed by atoms with van der Waals surface area (Å²) in [5, 5.41) is 3.24. The molecule has 3 rings (SSSR count). The van der Waals surface area contributed by atoms with Crippen LogP contribution in [-0.2, 0) is 4.79 Å². The van der Waals surface area contributed by atoms with Gasteiger partial charge in [0.1, 0.15) is 0 Å². The number of amides is 1. The van der Waals surface area contributed by atoms with Crippen molar-refractivity contribution in [1.29, 1.82) is 0 Å². The maximum atomic E-state index is 12.3. The summed E-state index contributed by atoms with van der Waals surface area (Å²) in [5.41, 5.74) is 8.48. The number of nitrogens with zero attached hydrogens (tertiary/aromatic N) is 2. The topological polar surface area (TPSA) is 61.6 Å². The third-order valence-electron chi connectivity index (χ3n) is 5.95. The summed E-state index contributed by atoms with van der Waals surface area (Å²) in [6.45, 7) is 7.79. The summed E-state index contributed by atoms with van der Waals surface area (Å²) >= 11 is 0. The largest absolute Gasteiger partial charge is 0.369 e. The van der Waals surface area contributed by atoms with E-state index in [1.165, 1.54) is 24.1 Å². The molecule has 144 valence electrons. The van der Waals surface area contributed by atoms with Crippen molar-refractivity contribution in [2.75, 3.05) is 44.2 Å². The number of nitrogens with one attached hydrogen (secondary N) is 1. The molecule has 2 atom stereocenters. The SMILES string of the molecule is Cc1cccc(N2CCN(CCC(=O)NC3CCCCC3CN)CC2)c1. The van der Waals surface area contributed by atoms with Crippen LogP contribution in [0.4, 0.5) is 5.69 Å². The average molecular weight is 359 g/mol. The zero-order chi connectivity index (χ0) is 18.4. The van der Waals surface area contributed by atoms with Crippen molar-refractivity contribution in [2.24, 2.45) is 11.7 Å². The van der Waals surface area contributed by atoms with Gasteiger partial charge in [-0.15, -0.1) is 0 Å². The molecule has 0 aromatic heterocycles. The van der Waals surface area contributed by atoms with Gasteiger partial charge in [-0.25, -0.2) is 0 Å². The summed E-state index contributed by atoms with van der Waals surface area (Å²) in [6, 6.07) is 9.00. The van der Waals surface area contributed by atoms with Crippen LogP contribution >= 0.6 is 0 Å². The number of piperazine rings is 1. The Morgan fingerprint density at radius 2 is 1.96 bits per heavy atom. The van der Waals surface area contributed by atoms with Crippen molar-refractivity contribution in [2.45, 2.75) is 45.1 Å². The highest BCUT2D eigenvalue weighted by Crippen LogP contribution is 2.23. The minimum absolute atomic E-state index is 0.191. The molecule has 5 nitrogen and oxygen atoms in total. The molecule has 1 saturated heterocycles. The molecule has 1 aliphatic heterocycles. The first-order valence-corrected chi connectivity index (χ1v) is 10.2. The lowest BCUT2D eigenvalue weighted by atomic mass is 9.84. The fourth-order valence-electron chi connectivity index (χ4n) is 4.27. The van der Waals surface area contributed by atoms with Gasteiger partial charge in [-0.2, -0.15) is 0 Å². The van der Waals surface area contributed by atoms with Gasteiger partial charge in [0, 0.05) is 50.9 Å². The number of anilines is 1. The van der Waals surface area contributed by atoms with Gasteiger partial charge in [-0.05, 0) is 49.9 Å². The summed E-state index contributed by atoms with van der Waals surface area (Å²) in [5.74, 6) is 0.655. The lowest BCUT2D eigenvalue weighted by molar-refractivity contribution is -0.122. The summed E-state index contributed by atoms with van der Waals surface area (Å²) in [4.78, 5) is 17.2. The van der Waals surface area contributed by atoms with E-state index in [2.05, 4.69) is 46.3 Å². The Morgan fingerprint density at radius 1 is 1.19 bits per heavy atom. The van der Waals surface area contributed by atoms with Crippen LogP contribution in [0.25, 0.3) is 0 Å². The Balaban J connectivity index is 1.38. The fourth-order valence-corrected chi connectivity index (χ4v) is 4.27. The second kappa shape index (κ2) is 9.38. The van der Waals surface area contributed by atoms with Gasteiger partial charge in [0.15, 0.2) is 0 Å². The van der Waals surface area contributed by atoms with Crippen molar-refractivity contribution in [3.05, 3.63) is 29.8 Å². The van der Waals surface area contributed by atoms with Crippen molar-refractivity contribution < 1.29 is 4.79 Å². The van der Waals surface area contributed by atoms with Gasteiger partial charge < -0.3 is 16.0 Å². The first-order chi connectivity index (χ1) is 12.7. The molecule has 2 fully saturated rings. The standard InChI is InChI=1S/C21H34N4O/c1-17-5-4-7-19(15-17)25-13-11-24(12-14-25)10-9-21(26)23-20-8-3-2-6-18(20)16-22/h4-5,7,15,18,20H,2-3,6,8-14,16,22H2,1H3,(H,23,26). The summed E-state index contributed by atoms with van der Waals surface area (Å²) < 4.78 is 0. The number of carbonyl (C=O) groups excluding carboxylic acids is 1. The van der Waals surface area contributed by atoms with E-state index in [1.54, 1.807) is 0 Å². The number of rotatable bonds is 6. The van der Waals surface area contributed by atoms with E-state index in [-0.39, 0.29) is 5.91 Å². The molecule has 3 N–H and O–H groups in total. The lowest BCUT2D eigenvalue weighted by Gasteiger charge is -2.36. The molecule has 2 unspecified atom stereocenters. The summed E-state index contributed by atoms with van der Waals surface area (Å²) in [7, 11) is 0. The van der Waals surface area contributed by atoms with Gasteiger partial charge in [-0.1, -0.05) is 25.0 Å². The number of benzene rings is 1. The molecular formula is C21H34N4O. The van der Waals surface area contributed by atoms with Crippen molar-refractivity contribution >= 4 is 11.6 Å². The normalized spacial score (nSPS) is 24.5. The average Bonchev–Trinajstić information content (AvgIpc) is 2.67. The molecule has 1 heterocycles. The van der Waals surface area contributed by atoms with Gasteiger partial charge in [-0.3, -0.25) is 9.69 Å². The maximum absolute atomic E-state index is 12.3. The highest BCUT2D eigenvalue weighted by molar-refractivity contribution is 5.76. The minimum atomic E-state index is 0.191. The Labute approximate surface area is 157 Å². The Morgan fingerprint density at radius 3 is 2.69 bits per heavy atom. The van der Waals surface area contributed by atoms with Crippen LogP contribution in [0.5, 0.6) is 0 Å². The fraction of sp³-hybridized carbons (Fsp3) is 0.667. The van der Waals surface area contributed by atoms with E-state index in [4.69, 9.17) is 5.73 Å². The molecule has 1 aromatic rings. The van der Waals surface area contributed by atoms with E-state index in [1.807, 2.05) is 0 Å². The van der Waals surface area contributed by atoms with Crippen LogP contribution in [0.2, 0.25) is 0 Å². The van der Waals surface area contributed by atoms with Crippen molar-refractivity contribution in [1.82, 2.24) is 10.2 Å². The van der Waals surface area contributed by atoms with E-state index < -0.39 is 0 Å². The second-order valence-corrected chi connectivity index (χ2v) is 7.87. The molecule has 26 heavy (non-hydrogen) atoms. The van der Waals surface area contributed by atoms with Crippen LogP contribution in [-0.4, -0.2) is 56.1 Å². The third kappa shape index (κ3) is 5.21. The van der Waals surface area contributed by atoms with Crippen LogP contribution in [0.3, 0.4) is 0 Å². The van der Waals surface area contributed by atoms with Crippen LogP contribution in [0.15, 0.2) is 24.3 Å². The predicted molar refractivity (Wildman–Crippen MR) is 107 cm³/mol. The molecular weight excluding hydrogens is 324 g/mol. The molecule has 1 aromatic carbocycles. The third-order valence-corrected chi connectivity index (χ3v) is 5.95. The van der Waals surface area contributed by atoms with E-state index in [0.717, 1.165) is 45.6 Å². The van der Waals surface area contributed by atoms with Gasteiger partial charge in [0.05, 0.1) is 0 Å². The Bertz CT molecular complexity index is 583. The van der Waals surface area contributed by atoms with Crippen LogP contribution < -0.4 is 16.0 Å². The lowest BCUT2D eigenvalue weighted by Crippen LogP contribution is -2.48. The van der Waals surface area contributed by atoms with Crippen molar-refractivity contribution in [3.63, 3.8) is 0 Å². The van der Waals surface area contributed by atoms with Gasteiger partial charge >= 0.3 is 0 Å². The Hall–Kier alpha value is -1.59. The minimum Gasteiger partial charge on any atom is -0.369 e. The first-order valence-electron chi connectivity index (χ1n) is 10.2. The molecule has 1 saturated carbocycles. The van der Waals surface area contributed by atoms with E-state index >= 15 is 0 Å². The first kappa shape index (κ1) is 19.2. The Kier molecular flexibility index (Phi) is 6.92. The van der Waals surface area contributed by atoms with Crippen molar-refractivity contribution in [3.8, 4) is 0 Å². The zero-order valence-electron chi connectivity index (χ0n) is 16.1. The summed E-state index contributed by atoms with van der Waals surface area (Å²) in [6.07, 6.45) is 5.30. The number of carbonyl (C=O) groups is 1. The zero-order valence-corrected chi connectivity index (χ0v) is 16.1. The molecule has 0 bridgehead atoms. The highest BCUT2D eigenvalue weighted by Gasteiger charge is 2.25. The quantitative estimate of drug-likeness (QED) is 0.818. The molecule has 2 aliphatic rings. The number of hydrogen-bond acceptors (Lipinski definition) is 4. The molecule has 1 amide bonds. The predicted octanol–water partition coefficient (Wildman–Crippen LogP) is 2.14. The molecule has 5 heteroatoms. The molecule has 1 aliphatic carbocycles. The molecule has 0 spiro atoms. The van der Waals surface area contributed by atoms with Gasteiger partial charge in [0.25, 0.3) is 0 Å². The maximum Gasteiger partial charge on any atom is 0.221 e. The highest BCUT2D eigenvalue weighted by atomic mass is 16.1. The number of nitrogens with two attached hydrogens (primary N) is 1. The number of aryl methyl sites for hydroxylation is 1. The smallest absolute Gasteiger partial charge is 0.221 e. The monoisotopic (exact) mass is 358 g/mol. The van der Waals surface area contributed by atoms with E-state index in [0.29, 0.717) is 24.9 Å².